The number of ether oxygens (including phenoxy) is 3. The number of aromatic amines is 1. The first-order valence-corrected chi connectivity index (χ1v) is 5.62. The molecule has 0 saturated carbocycles. The number of carboxylic acid groups (broad SMARTS) is 1. The number of hydrogen-bond acceptors (Lipinski definition) is 5. The van der Waals surface area contributed by atoms with E-state index in [1.54, 1.807) is 6.07 Å². The van der Waals surface area contributed by atoms with Gasteiger partial charge in [0.25, 0.3) is 5.56 Å². The van der Waals surface area contributed by atoms with Crippen molar-refractivity contribution in [1.29, 1.82) is 0 Å². The molecule has 0 amide bonds. The number of carbonyl (C=O) groups is 1. The van der Waals surface area contributed by atoms with E-state index in [-0.39, 0.29) is 5.56 Å². The van der Waals surface area contributed by atoms with Crippen molar-refractivity contribution in [3.8, 4) is 17.2 Å². The van der Waals surface area contributed by atoms with Gasteiger partial charge in [-0.05, 0) is 6.07 Å². The molecule has 7 heteroatoms. The summed E-state index contributed by atoms with van der Waals surface area (Å²) in [7, 11) is 4.31. The van der Waals surface area contributed by atoms with Crippen LogP contribution in [0, 0.1) is 0 Å². The second-order valence-electron chi connectivity index (χ2n) is 3.92. The summed E-state index contributed by atoms with van der Waals surface area (Å²) >= 11 is 0. The summed E-state index contributed by atoms with van der Waals surface area (Å²) in [5.41, 5.74) is -0.670. The van der Waals surface area contributed by atoms with Crippen molar-refractivity contribution in [2.45, 2.75) is 0 Å². The van der Waals surface area contributed by atoms with E-state index in [1.807, 2.05) is 0 Å². The Morgan fingerprint density at radius 1 is 1.10 bits per heavy atom. The monoisotopic (exact) mass is 279 g/mol. The largest absolute Gasteiger partial charge is 0.493 e. The third-order valence-corrected chi connectivity index (χ3v) is 2.88. The van der Waals surface area contributed by atoms with E-state index >= 15 is 0 Å². The first-order valence-electron chi connectivity index (χ1n) is 5.62. The predicted octanol–water partition coefficient (Wildman–Crippen LogP) is 1.25. The lowest BCUT2D eigenvalue weighted by Gasteiger charge is -2.14. The minimum absolute atomic E-state index is 0.292. The van der Waals surface area contributed by atoms with Gasteiger partial charge in [-0.15, -0.1) is 0 Å². The number of H-pyrrole nitrogens is 1. The van der Waals surface area contributed by atoms with E-state index in [1.165, 1.54) is 27.4 Å². The molecule has 1 aromatic heterocycles. The molecule has 0 unspecified atom stereocenters. The van der Waals surface area contributed by atoms with Crippen LogP contribution in [0.25, 0.3) is 10.9 Å². The molecule has 0 saturated heterocycles. The molecule has 1 aromatic carbocycles. The van der Waals surface area contributed by atoms with E-state index in [0.717, 1.165) is 0 Å². The van der Waals surface area contributed by atoms with E-state index in [2.05, 4.69) is 4.98 Å². The molecule has 0 fully saturated rings. The second kappa shape index (κ2) is 5.12. The topological polar surface area (TPSA) is 97.9 Å². The Bertz CT molecular complexity index is 734. The van der Waals surface area contributed by atoms with Crippen molar-refractivity contribution < 1.29 is 24.1 Å². The molecule has 106 valence electrons. The summed E-state index contributed by atoms with van der Waals surface area (Å²) < 4.78 is 15.6. The molecular formula is C13H13NO6. The summed E-state index contributed by atoms with van der Waals surface area (Å²) in [6, 6.07) is 2.79. The Balaban J connectivity index is 2.93. The minimum atomic E-state index is -1.31. The molecule has 1 heterocycles. The van der Waals surface area contributed by atoms with Crippen molar-refractivity contribution >= 4 is 16.9 Å². The molecule has 0 aliphatic carbocycles. The summed E-state index contributed by atoms with van der Waals surface area (Å²) in [6.45, 7) is 0. The van der Waals surface area contributed by atoms with Crippen LogP contribution in [0.15, 0.2) is 16.9 Å². The van der Waals surface area contributed by atoms with Crippen LogP contribution >= 0.6 is 0 Å². The molecular weight excluding hydrogens is 266 g/mol. The average Bonchev–Trinajstić information content (AvgIpc) is 2.43. The highest BCUT2D eigenvalue weighted by molar-refractivity contribution is 5.96. The van der Waals surface area contributed by atoms with E-state index in [4.69, 9.17) is 19.3 Å². The number of nitrogens with one attached hydrogen (secondary N) is 1. The summed E-state index contributed by atoms with van der Waals surface area (Å²) in [5, 5.41) is 9.42. The van der Waals surface area contributed by atoms with Crippen LogP contribution in [0.1, 0.15) is 10.4 Å². The molecule has 2 aromatic rings. The Morgan fingerprint density at radius 3 is 2.25 bits per heavy atom. The van der Waals surface area contributed by atoms with Crippen LogP contribution in [-0.4, -0.2) is 37.4 Å². The lowest BCUT2D eigenvalue weighted by atomic mass is 10.1. The highest BCUT2D eigenvalue weighted by atomic mass is 16.5. The maximum Gasteiger partial charge on any atom is 0.341 e. The van der Waals surface area contributed by atoms with Gasteiger partial charge in [-0.2, -0.15) is 0 Å². The number of carboxylic acids is 1. The van der Waals surface area contributed by atoms with Crippen molar-refractivity contribution in [3.63, 3.8) is 0 Å². The van der Waals surface area contributed by atoms with Crippen molar-refractivity contribution in [2.24, 2.45) is 0 Å². The maximum atomic E-state index is 11.7. The first-order chi connectivity index (χ1) is 9.53. The van der Waals surface area contributed by atoms with Crippen LogP contribution in [-0.2, 0) is 0 Å². The Morgan fingerprint density at radius 2 is 1.75 bits per heavy atom. The number of pyridine rings is 1. The second-order valence-corrected chi connectivity index (χ2v) is 3.92. The Labute approximate surface area is 113 Å². The Kier molecular flexibility index (Phi) is 3.51. The zero-order valence-electron chi connectivity index (χ0n) is 11.1. The fourth-order valence-corrected chi connectivity index (χ4v) is 1.98. The van der Waals surface area contributed by atoms with Gasteiger partial charge in [0, 0.05) is 11.5 Å². The Hall–Kier alpha value is -2.70. The zero-order chi connectivity index (χ0) is 14.9. The highest BCUT2D eigenvalue weighted by Crippen LogP contribution is 2.42. The molecule has 2 rings (SSSR count). The lowest BCUT2D eigenvalue weighted by molar-refractivity contribution is 0.0695. The van der Waals surface area contributed by atoms with Crippen molar-refractivity contribution in [1.82, 2.24) is 4.98 Å². The van der Waals surface area contributed by atoms with Crippen molar-refractivity contribution in [3.05, 3.63) is 28.0 Å². The van der Waals surface area contributed by atoms with Gasteiger partial charge in [-0.25, -0.2) is 4.79 Å². The number of rotatable bonds is 4. The number of hydrogen-bond donors (Lipinski definition) is 2. The molecule has 2 N–H and O–H groups in total. The maximum absolute atomic E-state index is 11.7. The van der Waals surface area contributed by atoms with Crippen LogP contribution in [0.3, 0.4) is 0 Å². The van der Waals surface area contributed by atoms with Gasteiger partial charge in [0.15, 0.2) is 11.5 Å². The highest BCUT2D eigenvalue weighted by Gasteiger charge is 2.19. The van der Waals surface area contributed by atoms with Gasteiger partial charge in [-0.1, -0.05) is 0 Å². The summed E-state index contributed by atoms with van der Waals surface area (Å²) in [4.78, 5) is 25.2. The molecule has 0 aliphatic heterocycles. The molecule has 20 heavy (non-hydrogen) atoms. The molecule has 0 atom stereocenters. The van der Waals surface area contributed by atoms with Gasteiger partial charge < -0.3 is 24.3 Å². The SMILES string of the molecule is COc1cc2[nH]c(=O)c(C(=O)O)cc2c(OC)c1OC. The van der Waals surface area contributed by atoms with E-state index < -0.39 is 11.5 Å². The summed E-state index contributed by atoms with van der Waals surface area (Å²) in [6.07, 6.45) is 0. The number of methoxy groups -OCH3 is 3. The average molecular weight is 279 g/mol. The van der Waals surface area contributed by atoms with E-state index in [9.17, 15) is 9.59 Å². The van der Waals surface area contributed by atoms with Crippen LogP contribution < -0.4 is 19.8 Å². The van der Waals surface area contributed by atoms with Crippen molar-refractivity contribution in [2.75, 3.05) is 21.3 Å². The van der Waals surface area contributed by atoms with Crippen LogP contribution in [0.2, 0.25) is 0 Å². The normalized spacial score (nSPS) is 10.3. The zero-order valence-corrected chi connectivity index (χ0v) is 11.1. The fourth-order valence-electron chi connectivity index (χ4n) is 1.98. The van der Waals surface area contributed by atoms with Gasteiger partial charge >= 0.3 is 5.97 Å². The van der Waals surface area contributed by atoms with E-state index in [0.29, 0.717) is 28.2 Å². The molecule has 0 radical (unpaired) electrons. The minimum Gasteiger partial charge on any atom is -0.493 e. The van der Waals surface area contributed by atoms with Gasteiger partial charge in [0.2, 0.25) is 5.75 Å². The number of aromatic nitrogens is 1. The van der Waals surface area contributed by atoms with Gasteiger partial charge in [0.05, 0.1) is 26.8 Å². The third kappa shape index (κ3) is 2.03. The number of aromatic carboxylic acids is 1. The van der Waals surface area contributed by atoms with Gasteiger partial charge in [-0.3, -0.25) is 4.79 Å². The summed E-state index contributed by atoms with van der Waals surface area (Å²) in [5.74, 6) is -0.327. The molecule has 0 bridgehead atoms. The molecule has 0 aliphatic rings. The first kappa shape index (κ1) is 13.7. The third-order valence-electron chi connectivity index (χ3n) is 2.88. The number of benzene rings is 1. The molecule has 0 spiro atoms. The standard InChI is InChI=1S/C13H13NO6/c1-18-9-5-8-6(10(19-2)11(9)20-3)4-7(13(16)17)12(15)14-8/h4-5H,1-3H3,(H,14,15)(H,16,17). The lowest BCUT2D eigenvalue weighted by Crippen LogP contribution is -2.17. The van der Waals surface area contributed by atoms with Crippen LogP contribution in [0.4, 0.5) is 0 Å². The fraction of sp³-hybridized carbons (Fsp3) is 0.231. The quantitative estimate of drug-likeness (QED) is 0.874. The molecule has 7 nitrogen and oxygen atoms in total. The number of fused-ring (bicyclic) bond motifs is 1. The van der Waals surface area contributed by atoms with Gasteiger partial charge in [0.1, 0.15) is 5.56 Å². The van der Waals surface area contributed by atoms with Crippen LogP contribution in [0.5, 0.6) is 17.2 Å². The predicted molar refractivity (Wildman–Crippen MR) is 71.2 cm³/mol. The smallest absolute Gasteiger partial charge is 0.341 e.